The fraction of sp³-hybridized carbons (Fsp3) is 0.583. The van der Waals surface area contributed by atoms with Crippen molar-refractivity contribution in [1.29, 1.82) is 0 Å². The van der Waals surface area contributed by atoms with Crippen molar-refractivity contribution in [2.75, 3.05) is 32.8 Å². The normalized spacial score (nSPS) is 27.7. The number of amides is 2. The van der Waals surface area contributed by atoms with Crippen molar-refractivity contribution in [2.24, 2.45) is 11.3 Å². The van der Waals surface area contributed by atoms with E-state index >= 15 is 8.78 Å². The van der Waals surface area contributed by atoms with Gasteiger partial charge >= 0.3 is 0 Å². The van der Waals surface area contributed by atoms with E-state index in [0.29, 0.717) is 12.0 Å². The summed E-state index contributed by atoms with van der Waals surface area (Å²) in [6.45, 7) is 6.54. The van der Waals surface area contributed by atoms with Gasteiger partial charge in [-0.1, -0.05) is 30.3 Å². The molecule has 3 fully saturated rings. The number of piperidine rings is 1. The topological polar surface area (TPSA) is 49.9 Å². The van der Waals surface area contributed by atoms with Crippen LogP contribution < -0.4 is 0 Å². The minimum atomic E-state index is -3.14. The van der Waals surface area contributed by atoms with Gasteiger partial charge in [-0.3, -0.25) is 9.59 Å². The Labute approximate surface area is 196 Å². The Bertz CT molecular complexity index is 978. The maximum Gasteiger partial charge on any atom is 0.274 e. The van der Waals surface area contributed by atoms with Crippen LogP contribution >= 0.6 is 11.6 Å². The second-order valence-corrected chi connectivity index (χ2v) is 10.4. The minimum Gasteiger partial charge on any atom is -0.375 e. The Kier molecular flexibility index (Phi) is 6.06. The van der Waals surface area contributed by atoms with Gasteiger partial charge in [0.1, 0.15) is 5.82 Å². The quantitative estimate of drug-likeness (QED) is 0.602. The number of hydrogen-bond donors (Lipinski definition) is 0. The highest BCUT2D eigenvalue weighted by Gasteiger charge is 2.64. The van der Waals surface area contributed by atoms with Gasteiger partial charge in [0.15, 0.2) is 0 Å². The monoisotopic (exact) mass is 484 g/mol. The van der Waals surface area contributed by atoms with Crippen LogP contribution in [0, 0.1) is 17.2 Å². The fourth-order valence-electron chi connectivity index (χ4n) is 5.34. The van der Waals surface area contributed by atoms with Crippen LogP contribution in [0.2, 0.25) is 5.02 Å². The van der Waals surface area contributed by atoms with Crippen LogP contribution in [0.1, 0.15) is 38.2 Å². The number of nitrogens with zero attached hydrogens (tertiary/aromatic N) is 2. The highest BCUT2D eigenvalue weighted by atomic mass is 35.5. The number of alkyl halides is 2. The molecule has 1 aromatic carbocycles. The molecule has 3 saturated heterocycles. The molecule has 33 heavy (non-hydrogen) atoms. The molecule has 0 saturated carbocycles. The first-order chi connectivity index (χ1) is 15.4. The zero-order valence-corrected chi connectivity index (χ0v) is 19.5. The van der Waals surface area contributed by atoms with E-state index in [4.69, 9.17) is 16.3 Å². The molecule has 5 nitrogen and oxygen atoms in total. The lowest BCUT2D eigenvalue weighted by Crippen LogP contribution is -2.71. The Hall–Kier alpha value is -2.06. The predicted molar refractivity (Wildman–Crippen MR) is 118 cm³/mol. The lowest BCUT2D eigenvalue weighted by molar-refractivity contribution is -0.224. The van der Waals surface area contributed by atoms with Crippen molar-refractivity contribution in [3.63, 3.8) is 0 Å². The average Bonchev–Trinajstić information content (AvgIpc) is 2.72. The number of rotatable bonds is 3. The fourth-order valence-corrected chi connectivity index (χ4v) is 5.61. The number of carbonyl (C=O) groups is 2. The molecule has 3 aliphatic rings. The van der Waals surface area contributed by atoms with Crippen LogP contribution in [-0.2, 0) is 14.3 Å². The zero-order valence-electron chi connectivity index (χ0n) is 18.8. The number of carbonyl (C=O) groups excluding carboxylic acids is 2. The molecule has 0 aromatic heterocycles. The average molecular weight is 485 g/mol. The lowest BCUT2D eigenvalue weighted by atomic mass is 9.68. The van der Waals surface area contributed by atoms with Gasteiger partial charge < -0.3 is 14.5 Å². The first-order valence-corrected chi connectivity index (χ1v) is 11.4. The molecule has 0 N–H and O–H groups in total. The van der Waals surface area contributed by atoms with Crippen molar-refractivity contribution in [1.82, 2.24) is 9.80 Å². The number of ether oxygens (including phenoxy) is 1. The van der Waals surface area contributed by atoms with Gasteiger partial charge in [-0.05, 0) is 44.4 Å². The largest absolute Gasteiger partial charge is 0.375 e. The summed E-state index contributed by atoms with van der Waals surface area (Å²) in [6.07, 6.45) is 1.61. The number of halogens is 4. The molecule has 0 bridgehead atoms. The molecule has 0 aliphatic carbocycles. The van der Waals surface area contributed by atoms with Crippen molar-refractivity contribution >= 4 is 23.4 Å². The molecular weight excluding hydrogens is 457 g/mol. The van der Waals surface area contributed by atoms with Crippen LogP contribution in [0.5, 0.6) is 0 Å². The minimum absolute atomic E-state index is 0.0399. The van der Waals surface area contributed by atoms with Gasteiger partial charge in [-0.2, -0.15) is 0 Å². The summed E-state index contributed by atoms with van der Waals surface area (Å²) in [7, 11) is 0. The molecule has 3 aliphatic heterocycles. The molecule has 3 heterocycles. The van der Waals surface area contributed by atoms with Crippen LogP contribution in [0.3, 0.4) is 0 Å². The summed E-state index contributed by atoms with van der Waals surface area (Å²) in [4.78, 5) is 27.7. The summed E-state index contributed by atoms with van der Waals surface area (Å²) in [5.74, 6) is -5.74. The van der Waals surface area contributed by atoms with Gasteiger partial charge in [-0.15, -0.1) is 0 Å². The third kappa shape index (κ3) is 4.16. The third-order valence-corrected chi connectivity index (χ3v) is 7.76. The van der Waals surface area contributed by atoms with E-state index in [2.05, 4.69) is 6.58 Å². The summed E-state index contributed by atoms with van der Waals surface area (Å²) < 4.78 is 50.5. The Balaban J connectivity index is 1.54. The molecule has 4 rings (SSSR count). The molecule has 1 spiro atoms. The second kappa shape index (κ2) is 8.31. The van der Waals surface area contributed by atoms with Crippen molar-refractivity contribution < 1.29 is 27.5 Å². The summed E-state index contributed by atoms with van der Waals surface area (Å²) >= 11 is 6.24. The molecule has 0 unspecified atom stereocenters. The molecule has 0 radical (unpaired) electrons. The van der Waals surface area contributed by atoms with Crippen molar-refractivity contribution in [3.8, 4) is 0 Å². The molecular formula is C24H28ClF3N2O3. The molecule has 1 aromatic rings. The van der Waals surface area contributed by atoms with Crippen LogP contribution in [-0.4, -0.2) is 65.9 Å². The second-order valence-electron chi connectivity index (χ2n) is 10.0. The first kappa shape index (κ1) is 24.1. The van der Waals surface area contributed by atoms with Gasteiger partial charge in [0.2, 0.25) is 11.8 Å². The third-order valence-electron chi connectivity index (χ3n) is 7.36. The number of benzene rings is 1. The van der Waals surface area contributed by atoms with E-state index in [1.54, 1.807) is 6.07 Å². The van der Waals surface area contributed by atoms with E-state index in [-0.39, 0.29) is 43.6 Å². The van der Waals surface area contributed by atoms with Crippen molar-refractivity contribution in [3.05, 3.63) is 47.3 Å². The molecule has 2 amide bonds. The van der Waals surface area contributed by atoms with Crippen LogP contribution in [0.4, 0.5) is 13.2 Å². The smallest absolute Gasteiger partial charge is 0.274 e. The van der Waals surface area contributed by atoms with Gasteiger partial charge in [0, 0.05) is 25.6 Å². The Morgan fingerprint density at radius 1 is 1.21 bits per heavy atom. The summed E-state index contributed by atoms with van der Waals surface area (Å²) in [6, 6.07) is 4.46. The van der Waals surface area contributed by atoms with E-state index in [9.17, 15) is 14.0 Å². The standard InChI is InChI=1S/C24H28ClF3N2O3/c1-4-19(31)30-12-23(13-30)8-9-29(14-24(23,27)28)21(32)17-11-33-22(2,3)10-16(17)15-6-5-7-18(26)20(15)25/h4-7,16-17H,1,8-14H2,2-3H3/t16-,17+/m1/s1. The van der Waals surface area contributed by atoms with Crippen LogP contribution in [0.15, 0.2) is 30.9 Å². The summed E-state index contributed by atoms with van der Waals surface area (Å²) in [5, 5.41) is -0.0534. The van der Waals surface area contributed by atoms with Crippen molar-refractivity contribution in [2.45, 2.75) is 44.1 Å². The maximum atomic E-state index is 15.2. The predicted octanol–water partition coefficient (Wildman–Crippen LogP) is 4.26. The van der Waals surface area contributed by atoms with Gasteiger partial charge in [0.05, 0.1) is 35.1 Å². The van der Waals surface area contributed by atoms with Gasteiger partial charge in [0.25, 0.3) is 5.92 Å². The summed E-state index contributed by atoms with van der Waals surface area (Å²) in [5.41, 5.74) is -1.40. The van der Waals surface area contributed by atoms with E-state index in [1.165, 1.54) is 21.9 Å². The SMILES string of the molecule is C=CC(=O)N1CC2(CCN(C(=O)[C@H]3COC(C)(C)C[C@@H]3c3cccc(F)c3Cl)CC2(F)F)C1. The maximum absolute atomic E-state index is 15.2. The first-order valence-electron chi connectivity index (χ1n) is 11.1. The zero-order chi connectivity index (χ0) is 24.2. The highest BCUT2D eigenvalue weighted by Crippen LogP contribution is 2.51. The van der Waals surface area contributed by atoms with E-state index in [0.717, 1.165) is 6.08 Å². The molecule has 2 atom stereocenters. The van der Waals surface area contributed by atoms with E-state index < -0.39 is 47.0 Å². The highest BCUT2D eigenvalue weighted by molar-refractivity contribution is 6.31. The number of likely N-dealkylation sites (tertiary alicyclic amines) is 2. The number of hydrogen-bond acceptors (Lipinski definition) is 3. The lowest BCUT2D eigenvalue weighted by Gasteiger charge is -2.57. The van der Waals surface area contributed by atoms with Gasteiger partial charge in [-0.25, -0.2) is 13.2 Å². The Morgan fingerprint density at radius 3 is 2.55 bits per heavy atom. The Morgan fingerprint density at radius 2 is 1.91 bits per heavy atom. The van der Waals surface area contributed by atoms with E-state index in [1.807, 2.05) is 13.8 Å². The van der Waals surface area contributed by atoms with Crippen LogP contribution in [0.25, 0.3) is 0 Å². The molecule has 9 heteroatoms. The molecule has 180 valence electrons.